The van der Waals surface area contributed by atoms with Crippen molar-refractivity contribution >= 4 is 17.8 Å². The third-order valence-electron chi connectivity index (χ3n) is 6.05. The first kappa shape index (κ1) is 30.5. The number of alkyl halides is 6. The number of piperidine rings is 1. The Hall–Kier alpha value is -3.69. The molecule has 3 N–H and O–H groups in total. The summed E-state index contributed by atoms with van der Waals surface area (Å²) in [5, 5.41) is 17.5. The first-order valence-electron chi connectivity index (χ1n) is 11.0. The fourth-order valence-corrected chi connectivity index (χ4v) is 4.15. The summed E-state index contributed by atoms with van der Waals surface area (Å²) in [5.74, 6) is -4.03. The highest BCUT2D eigenvalue weighted by Crippen LogP contribution is 2.43. The van der Waals surface area contributed by atoms with Crippen molar-refractivity contribution in [3.8, 4) is 0 Å². The van der Waals surface area contributed by atoms with Gasteiger partial charge < -0.3 is 20.1 Å². The van der Waals surface area contributed by atoms with E-state index < -0.39 is 24.3 Å². The summed E-state index contributed by atoms with van der Waals surface area (Å²) in [5.41, 5.74) is 1.06. The number of aliphatic carboxylic acids is 2. The Morgan fingerprint density at radius 2 is 1.63 bits per heavy atom. The molecule has 0 aromatic carbocycles. The van der Waals surface area contributed by atoms with Gasteiger partial charge in [-0.3, -0.25) is 14.7 Å². The van der Waals surface area contributed by atoms with Crippen molar-refractivity contribution in [3.05, 3.63) is 48.3 Å². The van der Waals surface area contributed by atoms with Crippen molar-refractivity contribution in [2.45, 2.75) is 49.6 Å². The summed E-state index contributed by atoms with van der Waals surface area (Å²) < 4.78 is 65.5. The predicted molar refractivity (Wildman–Crippen MR) is 118 cm³/mol. The van der Waals surface area contributed by atoms with Gasteiger partial charge in [-0.1, -0.05) is 6.07 Å². The summed E-state index contributed by atoms with van der Waals surface area (Å²) in [7, 11) is 2.03. The number of aromatic nitrogens is 3. The molecular formula is C22H25F6N5O5. The first-order chi connectivity index (χ1) is 17.5. The maximum Gasteiger partial charge on any atom is 0.490 e. The Balaban J connectivity index is 0.000000301. The highest BCUT2D eigenvalue weighted by molar-refractivity contribution is 5.81. The Bertz CT molecular complexity index is 1070. The quantitative estimate of drug-likeness (QED) is 0.494. The highest BCUT2D eigenvalue weighted by atomic mass is 19.4. The largest absolute Gasteiger partial charge is 0.490 e. The van der Waals surface area contributed by atoms with Crippen LogP contribution < -0.4 is 5.32 Å². The summed E-state index contributed by atoms with van der Waals surface area (Å²) in [6.07, 6.45) is -0.119. The second kappa shape index (κ2) is 12.2. The molecule has 2 aliphatic rings. The van der Waals surface area contributed by atoms with Crippen LogP contribution in [0.5, 0.6) is 0 Å². The molecule has 16 heteroatoms. The number of hydrogen-bond acceptors (Lipinski definition) is 6. The molecule has 1 atom stereocenters. The number of nitrogens with one attached hydrogen (secondary N) is 1. The number of imidazole rings is 1. The van der Waals surface area contributed by atoms with Gasteiger partial charge in [-0.25, -0.2) is 14.6 Å². The SMILES string of the molecule is Cn1ccnc1CN1CCC2(CC1)NC(=O)CC2c1cccnc1.O=C(O)C(F)(F)F.O=C(O)C(F)(F)F. The van der Waals surface area contributed by atoms with Crippen molar-refractivity contribution in [2.75, 3.05) is 13.1 Å². The van der Waals surface area contributed by atoms with Gasteiger partial charge in [0.15, 0.2) is 0 Å². The van der Waals surface area contributed by atoms with E-state index in [-0.39, 0.29) is 17.4 Å². The standard InChI is InChI=1S/C18H23N5O.2C2HF3O2/c1-22-10-7-20-16(22)13-23-8-4-18(5-9-23)15(11-17(24)21-18)14-3-2-6-19-12-14;2*3-2(4,5)1(6)7/h2-3,6-7,10,12,15H,4-5,8-9,11,13H2,1H3,(H,21,24);2*(H,6,7). The maximum atomic E-state index is 12.1. The Kier molecular flexibility index (Phi) is 9.83. The number of carbonyl (C=O) groups is 3. The molecule has 2 saturated heterocycles. The molecule has 38 heavy (non-hydrogen) atoms. The van der Waals surface area contributed by atoms with Gasteiger partial charge in [-0.05, 0) is 24.5 Å². The van der Waals surface area contributed by atoms with E-state index in [0.717, 1.165) is 38.3 Å². The molecule has 2 aromatic rings. The van der Waals surface area contributed by atoms with Crippen LogP contribution in [0, 0.1) is 0 Å². The number of hydrogen-bond donors (Lipinski definition) is 3. The molecule has 0 saturated carbocycles. The average molecular weight is 553 g/mol. The topological polar surface area (TPSA) is 138 Å². The molecule has 0 aliphatic carbocycles. The van der Waals surface area contributed by atoms with E-state index in [2.05, 4.69) is 30.8 Å². The van der Waals surface area contributed by atoms with E-state index in [1.807, 2.05) is 31.7 Å². The van der Waals surface area contributed by atoms with E-state index >= 15 is 0 Å². The van der Waals surface area contributed by atoms with Gasteiger partial charge in [0.05, 0.1) is 6.54 Å². The van der Waals surface area contributed by atoms with E-state index in [1.54, 1.807) is 6.20 Å². The van der Waals surface area contributed by atoms with Crippen LogP contribution in [0.2, 0.25) is 0 Å². The van der Waals surface area contributed by atoms with Crippen LogP contribution in [0.15, 0.2) is 36.9 Å². The minimum absolute atomic E-state index is 0.113. The van der Waals surface area contributed by atoms with Gasteiger partial charge in [0.2, 0.25) is 5.91 Å². The lowest BCUT2D eigenvalue weighted by molar-refractivity contribution is -0.193. The second-order valence-electron chi connectivity index (χ2n) is 8.58. The number of pyridine rings is 1. The van der Waals surface area contributed by atoms with Crippen LogP contribution in [0.25, 0.3) is 0 Å². The smallest absolute Gasteiger partial charge is 0.475 e. The number of rotatable bonds is 3. The van der Waals surface area contributed by atoms with Crippen LogP contribution in [0.3, 0.4) is 0 Å². The number of carbonyl (C=O) groups excluding carboxylic acids is 1. The van der Waals surface area contributed by atoms with Gasteiger partial charge in [-0.2, -0.15) is 26.3 Å². The van der Waals surface area contributed by atoms with Crippen molar-refractivity contribution in [2.24, 2.45) is 7.05 Å². The molecule has 0 bridgehead atoms. The molecule has 10 nitrogen and oxygen atoms in total. The first-order valence-corrected chi connectivity index (χ1v) is 11.0. The molecule has 4 heterocycles. The molecule has 0 radical (unpaired) electrons. The van der Waals surface area contributed by atoms with Gasteiger partial charge in [0.1, 0.15) is 5.82 Å². The maximum absolute atomic E-state index is 12.1. The summed E-state index contributed by atoms with van der Waals surface area (Å²) in [4.78, 5) is 41.0. The lowest BCUT2D eigenvalue weighted by Crippen LogP contribution is -2.53. The molecule has 210 valence electrons. The molecular weight excluding hydrogens is 528 g/mol. The molecule has 2 aromatic heterocycles. The van der Waals surface area contributed by atoms with Crippen LogP contribution in [0.4, 0.5) is 26.3 Å². The summed E-state index contributed by atoms with van der Waals surface area (Å²) in [6.45, 7) is 2.82. The van der Waals surface area contributed by atoms with Crippen molar-refractivity contribution in [1.29, 1.82) is 0 Å². The van der Waals surface area contributed by atoms with Gasteiger partial charge in [0, 0.05) is 62.8 Å². The number of halogens is 6. The van der Waals surface area contributed by atoms with E-state index in [9.17, 15) is 31.1 Å². The number of likely N-dealkylation sites (tertiary alicyclic amines) is 1. The summed E-state index contributed by atoms with van der Waals surface area (Å²) >= 11 is 0. The number of carboxylic acids is 2. The third kappa shape index (κ3) is 8.43. The lowest BCUT2D eigenvalue weighted by atomic mass is 9.75. The van der Waals surface area contributed by atoms with Crippen LogP contribution in [-0.4, -0.2) is 78.5 Å². The second-order valence-corrected chi connectivity index (χ2v) is 8.58. The van der Waals surface area contributed by atoms with E-state index in [4.69, 9.17) is 19.8 Å². The fourth-order valence-electron chi connectivity index (χ4n) is 4.15. The van der Waals surface area contributed by atoms with Gasteiger partial charge >= 0.3 is 24.3 Å². The van der Waals surface area contributed by atoms with Crippen LogP contribution >= 0.6 is 0 Å². The van der Waals surface area contributed by atoms with E-state index in [1.165, 1.54) is 5.56 Å². The third-order valence-corrected chi connectivity index (χ3v) is 6.05. The molecule has 1 unspecified atom stereocenters. The monoisotopic (exact) mass is 553 g/mol. The molecule has 2 aliphatic heterocycles. The zero-order chi connectivity index (χ0) is 28.7. The normalized spacial score (nSPS) is 19.0. The van der Waals surface area contributed by atoms with Gasteiger partial charge in [-0.15, -0.1) is 0 Å². The van der Waals surface area contributed by atoms with E-state index in [0.29, 0.717) is 6.42 Å². The zero-order valence-electron chi connectivity index (χ0n) is 20.0. The van der Waals surface area contributed by atoms with Crippen LogP contribution in [-0.2, 0) is 28.0 Å². The Morgan fingerprint density at radius 3 is 2.05 bits per heavy atom. The van der Waals surface area contributed by atoms with Gasteiger partial charge in [0.25, 0.3) is 0 Å². The van der Waals surface area contributed by atoms with Crippen molar-refractivity contribution in [1.82, 2.24) is 24.8 Å². The lowest BCUT2D eigenvalue weighted by Gasteiger charge is -2.42. The van der Waals surface area contributed by atoms with Crippen molar-refractivity contribution < 1.29 is 50.9 Å². The molecule has 4 rings (SSSR count). The minimum Gasteiger partial charge on any atom is -0.475 e. The number of amides is 1. The Labute approximate surface area is 212 Å². The zero-order valence-corrected chi connectivity index (χ0v) is 20.0. The Morgan fingerprint density at radius 1 is 1.08 bits per heavy atom. The summed E-state index contributed by atoms with van der Waals surface area (Å²) in [6, 6.07) is 4.06. The average Bonchev–Trinajstić information content (AvgIpc) is 3.37. The highest BCUT2D eigenvalue weighted by Gasteiger charge is 2.48. The molecule has 2 fully saturated rings. The predicted octanol–water partition coefficient (Wildman–Crippen LogP) is 2.72. The van der Waals surface area contributed by atoms with Crippen molar-refractivity contribution in [3.63, 3.8) is 0 Å². The minimum atomic E-state index is -5.08. The molecule has 1 amide bonds. The van der Waals surface area contributed by atoms with Crippen LogP contribution in [0.1, 0.15) is 36.6 Å². The molecule has 1 spiro atoms. The number of aryl methyl sites for hydroxylation is 1. The number of carboxylic acid groups (broad SMARTS) is 2. The fraction of sp³-hybridized carbons (Fsp3) is 0.500. The number of nitrogens with zero attached hydrogens (tertiary/aromatic N) is 4.